The zero-order valence-corrected chi connectivity index (χ0v) is 7.42. The van der Waals surface area contributed by atoms with Crippen LogP contribution in [0.4, 0.5) is 0 Å². The van der Waals surface area contributed by atoms with E-state index in [1.54, 1.807) is 0 Å². The van der Waals surface area contributed by atoms with Crippen molar-refractivity contribution < 1.29 is 0 Å². The molecule has 2 saturated carbocycles. The predicted octanol–water partition coefficient (Wildman–Crippen LogP) is 2.16. The molecule has 2 unspecified atom stereocenters. The van der Waals surface area contributed by atoms with Gasteiger partial charge in [0, 0.05) is 6.04 Å². The first-order chi connectivity index (χ1) is 5.24. The molecule has 2 fully saturated rings. The van der Waals surface area contributed by atoms with Gasteiger partial charge in [0.25, 0.3) is 0 Å². The fraction of sp³-hybridized carbons (Fsp3) is 1.00. The first-order valence-corrected chi connectivity index (χ1v) is 4.99. The van der Waals surface area contributed by atoms with Crippen molar-refractivity contribution in [1.29, 1.82) is 0 Å². The van der Waals surface area contributed by atoms with Gasteiger partial charge in [0.1, 0.15) is 0 Å². The maximum atomic E-state index is 5.97. The van der Waals surface area contributed by atoms with Gasteiger partial charge < -0.3 is 5.73 Å². The molecule has 1 nitrogen and oxygen atoms in total. The summed E-state index contributed by atoms with van der Waals surface area (Å²) in [5, 5.41) is 0. The van der Waals surface area contributed by atoms with Gasteiger partial charge in [-0.1, -0.05) is 6.92 Å². The lowest BCUT2D eigenvalue weighted by molar-refractivity contribution is 0.131. The van der Waals surface area contributed by atoms with E-state index >= 15 is 0 Å². The first-order valence-electron chi connectivity index (χ1n) is 4.99. The minimum absolute atomic E-state index is 0.534. The number of nitrogens with two attached hydrogens (primary N) is 1. The molecule has 0 aromatic carbocycles. The minimum Gasteiger partial charge on any atom is -0.328 e. The van der Waals surface area contributed by atoms with Gasteiger partial charge in [-0.15, -0.1) is 0 Å². The molecular weight excluding hydrogens is 134 g/mol. The third kappa shape index (κ3) is 1.58. The predicted molar refractivity (Wildman–Crippen MR) is 47.2 cm³/mol. The Balaban J connectivity index is 2.00. The molecule has 0 amide bonds. The molecule has 2 rings (SSSR count). The van der Waals surface area contributed by atoms with Crippen LogP contribution in [0.3, 0.4) is 0 Å². The van der Waals surface area contributed by atoms with E-state index in [2.05, 4.69) is 6.92 Å². The maximum absolute atomic E-state index is 5.97. The Bertz CT molecular complexity index is 110. The lowest BCUT2D eigenvalue weighted by atomic mass is 9.67. The fourth-order valence-corrected chi connectivity index (χ4v) is 3.24. The molecule has 2 aliphatic rings. The third-order valence-electron chi connectivity index (χ3n) is 3.41. The summed E-state index contributed by atoms with van der Waals surface area (Å²) in [5.74, 6) is 2.94. The van der Waals surface area contributed by atoms with Gasteiger partial charge in [0.05, 0.1) is 0 Å². The zero-order valence-electron chi connectivity index (χ0n) is 7.42. The van der Waals surface area contributed by atoms with Crippen molar-refractivity contribution in [3.8, 4) is 0 Å². The van der Waals surface area contributed by atoms with Crippen LogP contribution in [0, 0.1) is 17.8 Å². The largest absolute Gasteiger partial charge is 0.328 e. The van der Waals surface area contributed by atoms with Crippen LogP contribution in [-0.2, 0) is 0 Å². The molecule has 2 aliphatic carbocycles. The van der Waals surface area contributed by atoms with Crippen LogP contribution in [0.1, 0.15) is 39.0 Å². The molecule has 0 aromatic rings. The molecule has 2 N–H and O–H groups in total. The molecule has 0 aliphatic heterocycles. The Morgan fingerprint density at radius 3 is 2.00 bits per heavy atom. The summed E-state index contributed by atoms with van der Waals surface area (Å²) in [4.78, 5) is 0. The quantitative estimate of drug-likeness (QED) is 0.567. The van der Waals surface area contributed by atoms with Crippen LogP contribution in [0.2, 0.25) is 0 Å². The summed E-state index contributed by atoms with van der Waals surface area (Å²) in [6, 6.07) is 0.534. The summed E-state index contributed by atoms with van der Waals surface area (Å²) in [6.07, 6.45) is 6.99. The van der Waals surface area contributed by atoms with E-state index in [0.717, 1.165) is 17.8 Å². The minimum atomic E-state index is 0.534. The van der Waals surface area contributed by atoms with Gasteiger partial charge in [-0.3, -0.25) is 0 Å². The highest BCUT2D eigenvalue weighted by molar-refractivity contribution is 4.86. The van der Waals surface area contributed by atoms with Crippen molar-refractivity contribution in [2.75, 3.05) is 0 Å². The molecule has 1 heteroatoms. The van der Waals surface area contributed by atoms with E-state index in [4.69, 9.17) is 5.73 Å². The highest BCUT2D eigenvalue weighted by atomic mass is 14.7. The van der Waals surface area contributed by atoms with E-state index in [-0.39, 0.29) is 0 Å². The molecule has 0 heterocycles. The SMILES string of the molecule is CC1C[C@@H]2CC(N)C[C@H](C1)C2. The van der Waals surface area contributed by atoms with Gasteiger partial charge in [-0.05, 0) is 49.9 Å². The van der Waals surface area contributed by atoms with Gasteiger partial charge in [0.15, 0.2) is 0 Å². The Kier molecular flexibility index (Phi) is 1.92. The molecule has 2 bridgehead atoms. The number of rotatable bonds is 0. The van der Waals surface area contributed by atoms with Gasteiger partial charge in [-0.25, -0.2) is 0 Å². The normalized spacial score (nSPS) is 50.7. The van der Waals surface area contributed by atoms with Crippen molar-refractivity contribution in [3.05, 3.63) is 0 Å². The summed E-state index contributed by atoms with van der Waals surface area (Å²) in [7, 11) is 0. The van der Waals surface area contributed by atoms with E-state index in [1.807, 2.05) is 0 Å². The van der Waals surface area contributed by atoms with Crippen LogP contribution in [0.25, 0.3) is 0 Å². The molecule has 11 heavy (non-hydrogen) atoms. The standard InChI is InChI=1S/C10H19N/c1-7-2-8-4-9(3-7)6-10(11)5-8/h7-10H,2-6,11H2,1H3/t7?,8-,9+,10?. The highest BCUT2D eigenvalue weighted by Gasteiger charge is 2.32. The molecule has 0 aromatic heterocycles. The zero-order chi connectivity index (χ0) is 7.84. The van der Waals surface area contributed by atoms with Gasteiger partial charge in [-0.2, -0.15) is 0 Å². The second-order valence-electron chi connectivity index (χ2n) is 4.78. The van der Waals surface area contributed by atoms with Crippen LogP contribution >= 0.6 is 0 Å². The third-order valence-corrected chi connectivity index (χ3v) is 3.41. The van der Waals surface area contributed by atoms with E-state index in [9.17, 15) is 0 Å². The molecule has 0 spiro atoms. The van der Waals surface area contributed by atoms with Crippen LogP contribution < -0.4 is 5.73 Å². The summed E-state index contributed by atoms with van der Waals surface area (Å²) in [5.41, 5.74) is 5.97. The Hall–Kier alpha value is -0.0400. The molecule has 0 saturated heterocycles. The second kappa shape index (κ2) is 2.78. The topological polar surface area (TPSA) is 26.0 Å². The monoisotopic (exact) mass is 153 g/mol. The highest BCUT2D eigenvalue weighted by Crippen LogP contribution is 2.41. The maximum Gasteiger partial charge on any atom is 0.00441 e. The lowest BCUT2D eigenvalue weighted by Gasteiger charge is -2.40. The van der Waals surface area contributed by atoms with Crippen molar-refractivity contribution in [3.63, 3.8) is 0 Å². The van der Waals surface area contributed by atoms with Crippen LogP contribution in [0.15, 0.2) is 0 Å². The molecule has 64 valence electrons. The van der Waals surface area contributed by atoms with Gasteiger partial charge in [0.2, 0.25) is 0 Å². The Morgan fingerprint density at radius 2 is 1.45 bits per heavy atom. The van der Waals surface area contributed by atoms with Crippen molar-refractivity contribution >= 4 is 0 Å². The van der Waals surface area contributed by atoms with Crippen LogP contribution in [-0.4, -0.2) is 6.04 Å². The summed E-state index contributed by atoms with van der Waals surface area (Å²) < 4.78 is 0. The molecule has 4 atom stereocenters. The second-order valence-corrected chi connectivity index (χ2v) is 4.78. The van der Waals surface area contributed by atoms with E-state index in [0.29, 0.717) is 6.04 Å². The van der Waals surface area contributed by atoms with Gasteiger partial charge >= 0.3 is 0 Å². The van der Waals surface area contributed by atoms with E-state index in [1.165, 1.54) is 32.1 Å². The van der Waals surface area contributed by atoms with E-state index < -0.39 is 0 Å². The Morgan fingerprint density at radius 1 is 0.909 bits per heavy atom. The molecular formula is C10H19N. The number of fused-ring (bicyclic) bond motifs is 2. The smallest absolute Gasteiger partial charge is 0.00441 e. The van der Waals surface area contributed by atoms with Crippen molar-refractivity contribution in [2.45, 2.75) is 45.1 Å². The lowest BCUT2D eigenvalue weighted by Crippen LogP contribution is -2.37. The van der Waals surface area contributed by atoms with Crippen LogP contribution in [0.5, 0.6) is 0 Å². The fourth-order valence-electron chi connectivity index (χ4n) is 3.24. The Labute approximate surface area is 69.4 Å². The first kappa shape index (κ1) is 7.60. The molecule has 0 radical (unpaired) electrons. The number of hydrogen-bond acceptors (Lipinski definition) is 1. The summed E-state index contributed by atoms with van der Waals surface area (Å²) in [6.45, 7) is 2.40. The van der Waals surface area contributed by atoms with Crippen molar-refractivity contribution in [1.82, 2.24) is 0 Å². The van der Waals surface area contributed by atoms with Crippen molar-refractivity contribution in [2.24, 2.45) is 23.5 Å². The summed E-state index contributed by atoms with van der Waals surface area (Å²) >= 11 is 0. The number of hydrogen-bond donors (Lipinski definition) is 1. The average Bonchev–Trinajstić information content (AvgIpc) is 1.82. The average molecular weight is 153 g/mol.